The molecule has 0 heterocycles. The van der Waals surface area contributed by atoms with Gasteiger partial charge in [0, 0.05) is 10.9 Å². The van der Waals surface area contributed by atoms with Crippen LogP contribution < -0.4 is 0 Å². The van der Waals surface area contributed by atoms with Crippen molar-refractivity contribution >= 4 is 27.9 Å². The van der Waals surface area contributed by atoms with Gasteiger partial charge < -0.3 is 9.47 Å². The lowest BCUT2D eigenvalue weighted by Gasteiger charge is -2.38. The average molecular weight is 425 g/mol. The third-order valence-electron chi connectivity index (χ3n) is 5.01. The molecular weight excluding hydrogens is 396 g/mol. The van der Waals surface area contributed by atoms with Gasteiger partial charge in [0.05, 0.1) is 12.5 Å². The minimum Gasteiger partial charge on any atom is -0.469 e. The molecule has 1 saturated carbocycles. The van der Waals surface area contributed by atoms with Crippen molar-refractivity contribution in [3.8, 4) is 0 Å². The molecule has 1 aromatic carbocycles. The Bertz CT molecular complexity index is 622. The van der Waals surface area contributed by atoms with E-state index in [9.17, 15) is 9.59 Å². The standard InChI is InChI=1S/C21H29BrO4/c1-20(2,3)26-18(23)13-15-9-11-21(12-10-15,19(24)25-4)14-16-5-7-17(22)8-6-16/h5-8,15H,9-14H2,1-4H3. The Kier molecular flexibility index (Phi) is 6.89. The molecule has 26 heavy (non-hydrogen) atoms. The molecule has 0 N–H and O–H groups in total. The number of halogens is 1. The van der Waals surface area contributed by atoms with Crippen LogP contribution in [0.15, 0.2) is 28.7 Å². The van der Waals surface area contributed by atoms with Gasteiger partial charge in [-0.05, 0) is 76.5 Å². The summed E-state index contributed by atoms with van der Waals surface area (Å²) >= 11 is 3.44. The van der Waals surface area contributed by atoms with Crippen LogP contribution in [-0.4, -0.2) is 24.6 Å². The zero-order valence-electron chi connectivity index (χ0n) is 16.1. The van der Waals surface area contributed by atoms with Gasteiger partial charge in [-0.2, -0.15) is 0 Å². The van der Waals surface area contributed by atoms with E-state index in [-0.39, 0.29) is 17.9 Å². The highest BCUT2D eigenvalue weighted by atomic mass is 79.9. The summed E-state index contributed by atoms with van der Waals surface area (Å²) in [6, 6.07) is 8.08. The number of methoxy groups -OCH3 is 1. The lowest BCUT2D eigenvalue weighted by molar-refractivity contribution is -0.158. The van der Waals surface area contributed by atoms with Crippen molar-refractivity contribution in [1.29, 1.82) is 0 Å². The van der Waals surface area contributed by atoms with E-state index < -0.39 is 11.0 Å². The molecule has 0 spiro atoms. The second-order valence-electron chi connectivity index (χ2n) is 8.31. The maximum absolute atomic E-state index is 12.6. The van der Waals surface area contributed by atoms with Gasteiger partial charge in [-0.3, -0.25) is 9.59 Å². The first kappa shape index (κ1) is 20.9. The molecule has 0 saturated heterocycles. The molecule has 0 unspecified atom stereocenters. The molecule has 0 amide bonds. The van der Waals surface area contributed by atoms with E-state index in [1.54, 1.807) is 0 Å². The van der Waals surface area contributed by atoms with Crippen molar-refractivity contribution in [1.82, 2.24) is 0 Å². The number of ether oxygens (including phenoxy) is 2. The molecule has 1 fully saturated rings. The zero-order valence-corrected chi connectivity index (χ0v) is 17.7. The molecule has 4 nitrogen and oxygen atoms in total. The predicted molar refractivity (Wildman–Crippen MR) is 105 cm³/mol. The van der Waals surface area contributed by atoms with E-state index in [1.165, 1.54) is 7.11 Å². The van der Waals surface area contributed by atoms with Crippen molar-refractivity contribution in [2.24, 2.45) is 11.3 Å². The minimum atomic E-state index is -0.493. The largest absolute Gasteiger partial charge is 0.469 e. The third kappa shape index (κ3) is 5.83. The Labute approximate surface area is 164 Å². The van der Waals surface area contributed by atoms with Crippen LogP contribution in [0.4, 0.5) is 0 Å². The highest BCUT2D eigenvalue weighted by Gasteiger charge is 2.43. The van der Waals surface area contributed by atoms with Crippen molar-refractivity contribution in [3.63, 3.8) is 0 Å². The lowest BCUT2D eigenvalue weighted by atomic mass is 9.67. The number of hydrogen-bond acceptors (Lipinski definition) is 4. The zero-order chi connectivity index (χ0) is 19.4. The Morgan fingerprint density at radius 3 is 2.23 bits per heavy atom. The smallest absolute Gasteiger partial charge is 0.312 e. The normalized spacial score (nSPS) is 23.3. The quantitative estimate of drug-likeness (QED) is 0.618. The molecule has 144 valence electrons. The second-order valence-corrected chi connectivity index (χ2v) is 9.22. The number of esters is 2. The van der Waals surface area contributed by atoms with Gasteiger partial charge in [-0.25, -0.2) is 0 Å². The van der Waals surface area contributed by atoms with Gasteiger partial charge >= 0.3 is 11.9 Å². The van der Waals surface area contributed by atoms with Gasteiger partial charge in [-0.1, -0.05) is 28.1 Å². The Morgan fingerprint density at radius 1 is 1.15 bits per heavy atom. The number of rotatable bonds is 5. The monoisotopic (exact) mass is 424 g/mol. The first-order valence-corrected chi connectivity index (χ1v) is 9.97. The molecular formula is C21H29BrO4. The van der Waals surface area contributed by atoms with E-state index >= 15 is 0 Å². The second kappa shape index (κ2) is 8.55. The number of carbonyl (C=O) groups is 2. The fourth-order valence-corrected chi connectivity index (χ4v) is 3.98. The van der Waals surface area contributed by atoms with E-state index in [4.69, 9.17) is 9.47 Å². The van der Waals surface area contributed by atoms with Crippen LogP contribution in [0, 0.1) is 11.3 Å². The molecule has 0 radical (unpaired) electrons. The fraction of sp³-hybridized carbons (Fsp3) is 0.619. The van der Waals surface area contributed by atoms with Gasteiger partial charge in [0.2, 0.25) is 0 Å². The van der Waals surface area contributed by atoms with Crippen LogP contribution in [0.1, 0.15) is 58.4 Å². The van der Waals surface area contributed by atoms with Gasteiger partial charge in [0.25, 0.3) is 0 Å². The maximum Gasteiger partial charge on any atom is 0.312 e. The topological polar surface area (TPSA) is 52.6 Å². The molecule has 0 atom stereocenters. The average Bonchev–Trinajstić information content (AvgIpc) is 2.56. The van der Waals surface area contributed by atoms with E-state index in [0.29, 0.717) is 12.8 Å². The Balaban J connectivity index is 2.01. The van der Waals surface area contributed by atoms with Crippen molar-refractivity contribution in [2.75, 3.05) is 7.11 Å². The van der Waals surface area contributed by atoms with Crippen LogP contribution in [0.5, 0.6) is 0 Å². The summed E-state index contributed by atoms with van der Waals surface area (Å²) in [6.45, 7) is 5.64. The van der Waals surface area contributed by atoms with Crippen LogP contribution in [0.2, 0.25) is 0 Å². The summed E-state index contributed by atoms with van der Waals surface area (Å²) in [7, 11) is 1.46. The van der Waals surface area contributed by atoms with E-state index in [2.05, 4.69) is 15.9 Å². The maximum atomic E-state index is 12.6. The van der Waals surface area contributed by atoms with Crippen LogP contribution in [0.25, 0.3) is 0 Å². The Morgan fingerprint density at radius 2 is 1.73 bits per heavy atom. The van der Waals surface area contributed by atoms with Crippen LogP contribution in [0.3, 0.4) is 0 Å². The summed E-state index contributed by atoms with van der Waals surface area (Å²) < 4.78 is 11.6. The molecule has 5 heteroatoms. The van der Waals surface area contributed by atoms with Gasteiger partial charge in [-0.15, -0.1) is 0 Å². The SMILES string of the molecule is COC(=O)C1(Cc2ccc(Br)cc2)CCC(CC(=O)OC(C)(C)C)CC1. The van der Waals surface area contributed by atoms with Crippen molar-refractivity contribution in [3.05, 3.63) is 34.3 Å². The number of hydrogen-bond donors (Lipinski definition) is 0. The highest BCUT2D eigenvalue weighted by Crippen LogP contribution is 2.43. The van der Waals surface area contributed by atoms with Crippen molar-refractivity contribution in [2.45, 2.75) is 64.9 Å². The molecule has 2 rings (SSSR count). The van der Waals surface area contributed by atoms with E-state index in [1.807, 2.05) is 45.0 Å². The van der Waals surface area contributed by atoms with Gasteiger partial charge in [0.1, 0.15) is 5.60 Å². The number of carbonyl (C=O) groups excluding carboxylic acids is 2. The molecule has 1 aromatic rings. The minimum absolute atomic E-state index is 0.142. The van der Waals surface area contributed by atoms with E-state index in [0.717, 1.165) is 35.7 Å². The molecule has 1 aliphatic carbocycles. The van der Waals surface area contributed by atoms with Crippen LogP contribution in [-0.2, 0) is 25.5 Å². The third-order valence-corrected chi connectivity index (χ3v) is 5.54. The molecule has 0 aromatic heterocycles. The first-order valence-electron chi connectivity index (χ1n) is 9.18. The summed E-state index contributed by atoms with van der Waals surface area (Å²) in [5.41, 5.74) is 0.181. The van der Waals surface area contributed by atoms with Crippen molar-refractivity contribution < 1.29 is 19.1 Å². The van der Waals surface area contributed by atoms with Gasteiger partial charge in [0.15, 0.2) is 0 Å². The Hall–Kier alpha value is -1.36. The lowest BCUT2D eigenvalue weighted by Crippen LogP contribution is -2.39. The summed E-state index contributed by atoms with van der Waals surface area (Å²) in [5, 5.41) is 0. The highest BCUT2D eigenvalue weighted by molar-refractivity contribution is 9.10. The molecule has 1 aliphatic rings. The molecule has 0 aliphatic heterocycles. The summed E-state index contributed by atoms with van der Waals surface area (Å²) in [6.07, 6.45) is 4.25. The van der Waals surface area contributed by atoms with Crippen LogP contribution >= 0.6 is 15.9 Å². The number of benzene rings is 1. The summed E-state index contributed by atoms with van der Waals surface area (Å²) in [5.74, 6) is -0.0235. The summed E-state index contributed by atoms with van der Waals surface area (Å²) in [4.78, 5) is 24.6. The predicted octanol–water partition coefficient (Wildman–Crippen LogP) is 5.07. The fourth-order valence-electron chi connectivity index (χ4n) is 3.72. The first-order chi connectivity index (χ1) is 12.1. The molecule has 0 bridgehead atoms.